The first kappa shape index (κ1) is 20.3. The number of thioether (sulfide) groups is 1. The fourth-order valence-electron chi connectivity index (χ4n) is 2.98. The number of hydrogen-bond acceptors (Lipinski definition) is 5. The van der Waals surface area contributed by atoms with Gasteiger partial charge in [-0.2, -0.15) is 0 Å². The van der Waals surface area contributed by atoms with Crippen LogP contribution in [0, 0.1) is 0 Å². The molecular formula is C22H19ClN4O2S. The highest BCUT2D eigenvalue weighted by Crippen LogP contribution is 2.30. The van der Waals surface area contributed by atoms with Crippen LogP contribution in [-0.2, 0) is 0 Å². The molecule has 0 bridgehead atoms. The van der Waals surface area contributed by atoms with Crippen molar-refractivity contribution in [3.63, 3.8) is 0 Å². The van der Waals surface area contributed by atoms with Gasteiger partial charge in [-0.05, 0) is 55.5 Å². The standard InChI is InChI=1S/C22H19ClN4O2S/c1-2-29-18-10-8-17(9-11-18)27-21(15-5-3-6-16(23)13-15)25-26-22(27)30-14-20(28)19-7-4-12-24-19/h3-13,24H,2,14H2,1H3. The van der Waals surface area contributed by atoms with Crippen LogP contribution in [0.25, 0.3) is 17.1 Å². The van der Waals surface area contributed by atoms with Crippen LogP contribution in [0.1, 0.15) is 17.4 Å². The second kappa shape index (κ2) is 9.19. The molecule has 1 N–H and O–H groups in total. The van der Waals surface area contributed by atoms with E-state index >= 15 is 0 Å². The molecule has 4 aromatic rings. The van der Waals surface area contributed by atoms with Gasteiger partial charge in [0.1, 0.15) is 5.75 Å². The van der Waals surface area contributed by atoms with E-state index in [2.05, 4.69) is 15.2 Å². The van der Waals surface area contributed by atoms with E-state index in [-0.39, 0.29) is 11.5 Å². The number of H-pyrrole nitrogens is 1. The summed E-state index contributed by atoms with van der Waals surface area (Å²) in [6.07, 6.45) is 1.73. The van der Waals surface area contributed by atoms with Gasteiger partial charge in [0.15, 0.2) is 16.8 Å². The molecule has 0 aliphatic carbocycles. The van der Waals surface area contributed by atoms with Crippen LogP contribution in [0.15, 0.2) is 72.0 Å². The van der Waals surface area contributed by atoms with Gasteiger partial charge < -0.3 is 9.72 Å². The highest BCUT2D eigenvalue weighted by atomic mass is 35.5. The summed E-state index contributed by atoms with van der Waals surface area (Å²) in [6, 6.07) is 18.7. The summed E-state index contributed by atoms with van der Waals surface area (Å²) in [5.74, 6) is 1.67. The Morgan fingerprint density at radius 2 is 1.97 bits per heavy atom. The lowest BCUT2D eigenvalue weighted by molar-refractivity contribution is 0.101. The molecule has 2 aromatic carbocycles. The van der Waals surface area contributed by atoms with Gasteiger partial charge in [0.05, 0.1) is 18.1 Å². The van der Waals surface area contributed by atoms with Gasteiger partial charge in [-0.15, -0.1) is 10.2 Å². The lowest BCUT2D eigenvalue weighted by Gasteiger charge is -2.11. The highest BCUT2D eigenvalue weighted by molar-refractivity contribution is 7.99. The van der Waals surface area contributed by atoms with Gasteiger partial charge in [-0.3, -0.25) is 9.36 Å². The molecule has 2 heterocycles. The SMILES string of the molecule is CCOc1ccc(-n2c(SCC(=O)c3ccc[nH]3)nnc2-c2cccc(Cl)c2)cc1. The highest BCUT2D eigenvalue weighted by Gasteiger charge is 2.18. The van der Waals surface area contributed by atoms with Crippen molar-refractivity contribution in [2.75, 3.05) is 12.4 Å². The van der Waals surface area contributed by atoms with Crippen LogP contribution < -0.4 is 4.74 Å². The van der Waals surface area contributed by atoms with Gasteiger partial charge >= 0.3 is 0 Å². The lowest BCUT2D eigenvalue weighted by atomic mass is 10.2. The fraction of sp³-hybridized carbons (Fsp3) is 0.136. The first-order valence-corrected chi connectivity index (χ1v) is 10.8. The predicted octanol–water partition coefficient (Wildman–Crippen LogP) is 5.29. The molecule has 0 saturated carbocycles. The Hall–Kier alpha value is -3.03. The summed E-state index contributed by atoms with van der Waals surface area (Å²) in [6.45, 7) is 2.54. The number of carbonyl (C=O) groups excluding carboxylic acids is 1. The third kappa shape index (κ3) is 4.42. The Balaban J connectivity index is 1.70. The van der Waals surface area contributed by atoms with Crippen LogP contribution in [0.2, 0.25) is 5.02 Å². The first-order valence-electron chi connectivity index (χ1n) is 9.39. The van der Waals surface area contributed by atoms with Gasteiger partial charge in [0.2, 0.25) is 0 Å². The summed E-state index contributed by atoms with van der Waals surface area (Å²) in [4.78, 5) is 15.4. The molecular weight excluding hydrogens is 420 g/mol. The number of aromatic amines is 1. The summed E-state index contributed by atoms with van der Waals surface area (Å²) < 4.78 is 7.47. The molecule has 0 aliphatic rings. The normalized spacial score (nSPS) is 10.9. The zero-order valence-electron chi connectivity index (χ0n) is 16.2. The van der Waals surface area contributed by atoms with Crippen molar-refractivity contribution >= 4 is 29.1 Å². The molecule has 0 atom stereocenters. The molecule has 152 valence electrons. The molecule has 4 rings (SSSR count). The average molecular weight is 439 g/mol. The number of nitrogens with one attached hydrogen (secondary N) is 1. The van der Waals surface area contributed by atoms with E-state index in [1.54, 1.807) is 18.3 Å². The summed E-state index contributed by atoms with van der Waals surface area (Å²) >= 11 is 7.53. The van der Waals surface area contributed by atoms with Gasteiger partial charge in [-0.25, -0.2) is 0 Å². The molecule has 0 saturated heterocycles. The van der Waals surface area contributed by atoms with Gasteiger partial charge in [0, 0.05) is 22.5 Å². The number of nitrogens with zero attached hydrogens (tertiary/aromatic N) is 3. The number of carbonyl (C=O) groups is 1. The van der Waals surface area contributed by atoms with E-state index in [0.717, 1.165) is 17.0 Å². The minimum atomic E-state index is -0.00412. The van der Waals surface area contributed by atoms with Crippen molar-refractivity contribution in [2.24, 2.45) is 0 Å². The van der Waals surface area contributed by atoms with E-state index in [4.69, 9.17) is 16.3 Å². The van der Waals surface area contributed by atoms with Crippen LogP contribution in [0.5, 0.6) is 5.75 Å². The second-order valence-electron chi connectivity index (χ2n) is 6.37. The maximum atomic E-state index is 12.4. The lowest BCUT2D eigenvalue weighted by Crippen LogP contribution is -2.05. The van der Waals surface area contributed by atoms with E-state index in [1.807, 2.05) is 60.0 Å². The van der Waals surface area contributed by atoms with E-state index in [0.29, 0.717) is 28.3 Å². The fourth-order valence-corrected chi connectivity index (χ4v) is 4.01. The number of rotatable bonds is 8. The monoisotopic (exact) mass is 438 g/mol. The Morgan fingerprint density at radius 1 is 1.13 bits per heavy atom. The van der Waals surface area contributed by atoms with Crippen LogP contribution in [0.3, 0.4) is 0 Å². The summed E-state index contributed by atoms with van der Waals surface area (Å²) in [5.41, 5.74) is 2.28. The zero-order valence-corrected chi connectivity index (χ0v) is 17.8. The average Bonchev–Trinajstić information content (AvgIpc) is 3.43. The first-order chi connectivity index (χ1) is 14.7. The smallest absolute Gasteiger partial charge is 0.196 e. The maximum Gasteiger partial charge on any atom is 0.196 e. The Morgan fingerprint density at radius 3 is 2.67 bits per heavy atom. The Bertz CT molecular complexity index is 1140. The van der Waals surface area contributed by atoms with Crippen molar-refractivity contribution in [1.29, 1.82) is 0 Å². The molecule has 0 radical (unpaired) electrons. The topological polar surface area (TPSA) is 72.8 Å². The van der Waals surface area contributed by atoms with Crippen molar-refractivity contribution in [3.05, 3.63) is 77.6 Å². The van der Waals surface area contributed by atoms with Crippen molar-refractivity contribution in [1.82, 2.24) is 19.7 Å². The molecule has 0 aliphatic heterocycles. The molecule has 8 heteroatoms. The molecule has 0 spiro atoms. The van der Waals surface area contributed by atoms with Crippen molar-refractivity contribution in [3.8, 4) is 22.8 Å². The molecule has 30 heavy (non-hydrogen) atoms. The Kier molecular flexibility index (Phi) is 6.21. The van der Waals surface area contributed by atoms with Crippen LogP contribution >= 0.6 is 23.4 Å². The number of benzene rings is 2. The number of ether oxygens (including phenoxy) is 1. The summed E-state index contributed by atoms with van der Waals surface area (Å²) in [5, 5.41) is 9.97. The van der Waals surface area contributed by atoms with E-state index in [1.165, 1.54) is 11.8 Å². The van der Waals surface area contributed by atoms with E-state index < -0.39 is 0 Å². The van der Waals surface area contributed by atoms with Crippen LogP contribution in [0.4, 0.5) is 0 Å². The quantitative estimate of drug-likeness (QED) is 0.299. The molecule has 0 fully saturated rings. The number of ketones is 1. The number of halogens is 1. The molecule has 0 amide bonds. The molecule has 2 aromatic heterocycles. The Labute approximate surface area is 183 Å². The largest absolute Gasteiger partial charge is 0.494 e. The van der Waals surface area contributed by atoms with Crippen molar-refractivity contribution < 1.29 is 9.53 Å². The minimum absolute atomic E-state index is 0.00412. The zero-order chi connectivity index (χ0) is 20.9. The van der Waals surface area contributed by atoms with Gasteiger partial charge in [-0.1, -0.05) is 35.5 Å². The van der Waals surface area contributed by atoms with Gasteiger partial charge in [0.25, 0.3) is 0 Å². The second-order valence-corrected chi connectivity index (χ2v) is 7.75. The number of Topliss-reactive ketones (excluding diaryl/α,β-unsaturated/α-hetero) is 1. The predicted molar refractivity (Wildman–Crippen MR) is 119 cm³/mol. The van der Waals surface area contributed by atoms with Crippen LogP contribution in [-0.4, -0.2) is 37.9 Å². The maximum absolute atomic E-state index is 12.4. The van der Waals surface area contributed by atoms with Crippen molar-refractivity contribution in [2.45, 2.75) is 12.1 Å². The third-order valence-electron chi connectivity index (χ3n) is 4.35. The number of aromatic nitrogens is 4. The third-order valence-corrected chi connectivity index (χ3v) is 5.52. The minimum Gasteiger partial charge on any atom is -0.494 e. The summed E-state index contributed by atoms with van der Waals surface area (Å²) in [7, 11) is 0. The molecule has 6 nitrogen and oxygen atoms in total. The van der Waals surface area contributed by atoms with E-state index in [9.17, 15) is 4.79 Å². The number of hydrogen-bond donors (Lipinski definition) is 1. The molecule has 0 unspecified atom stereocenters.